The minimum atomic E-state index is 0.159. The van der Waals surface area contributed by atoms with Gasteiger partial charge in [0.1, 0.15) is 5.75 Å². The van der Waals surface area contributed by atoms with Crippen molar-refractivity contribution in [2.24, 2.45) is 5.92 Å². The first-order valence-corrected chi connectivity index (χ1v) is 10.7. The van der Waals surface area contributed by atoms with E-state index >= 15 is 0 Å². The summed E-state index contributed by atoms with van der Waals surface area (Å²) in [7, 11) is 0. The Hall–Kier alpha value is -1.55. The molecular weight excluding hydrogens is 336 g/mol. The minimum absolute atomic E-state index is 0.159. The fraction of sp³-hybridized carbons (Fsp3) is 0.696. The molecule has 1 saturated heterocycles. The molecule has 0 radical (unpaired) electrons. The van der Waals surface area contributed by atoms with Crippen molar-refractivity contribution in [2.45, 2.75) is 70.8 Å². The molecule has 4 heteroatoms. The zero-order valence-electron chi connectivity index (χ0n) is 17.3. The Morgan fingerprint density at radius 2 is 1.78 bits per heavy atom. The zero-order chi connectivity index (χ0) is 19.3. The van der Waals surface area contributed by atoms with Crippen molar-refractivity contribution in [3.05, 3.63) is 29.8 Å². The Balaban J connectivity index is 1.29. The molecule has 1 aliphatic heterocycles. The molecule has 2 fully saturated rings. The predicted molar refractivity (Wildman–Crippen MR) is 110 cm³/mol. The largest absolute Gasteiger partial charge is 0.494 e. The number of benzene rings is 1. The number of nitrogens with zero attached hydrogens (tertiary/aromatic N) is 1. The van der Waals surface area contributed by atoms with Crippen molar-refractivity contribution >= 4 is 5.91 Å². The Kier molecular flexibility index (Phi) is 6.80. The SMILES string of the molecule is CC(C)(C)c1ccc(OCCCC(=O)N2CCC(NCC3CC3)CC2)cc1. The Morgan fingerprint density at radius 1 is 1.11 bits per heavy atom. The lowest BCUT2D eigenvalue weighted by Gasteiger charge is -2.32. The van der Waals surface area contributed by atoms with Crippen LogP contribution in [-0.2, 0) is 10.2 Å². The van der Waals surface area contributed by atoms with Crippen LogP contribution >= 0.6 is 0 Å². The van der Waals surface area contributed by atoms with E-state index < -0.39 is 0 Å². The normalized spacial score (nSPS) is 18.6. The molecule has 0 unspecified atom stereocenters. The molecule has 150 valence electrons. The lowest BCUT2D eigenvalue weighted by atomic mass is 9.87. The molecule has 0 spiro atoms. The molecule has 0 atom stereocenters. The molecule has 1 amide bonds. The first kappa shape index (κ1) is 20.2. The number of amides is 1. The third-order valence-corrected chi connectivity index (χ3v) is 5.76. The smallest absolute Gasteiger partial charge is 0.222 e. The van der Waals surface area contributed by atoms with Gasteiger partial charge in [-0.3, -0.25) is 4.79 Å². The first-order chi connectivity index (χ1) is 12.9. The van der Waals surface area contributed by atoms with Gasteiger partial charge in [0, 0.05) is 25.6 Å². The number of hydrogen-bond donors (Lipinski definition) is 1. The maximum atomic E-state index is 12.4. The van der Waals surface area contributed by atoms with Gasteiger partial charge in [-0.2, -0.15) is 0 Å². The highest BCUT2D eigenvalue weighted by molar-refractivity contribution is 5.76. The van der Waals surface area contributed by atoms with Gasteiger partial charge >= 0.3 is 0 Å². The van der Waals surface area contributed by atoms with Gasteiger partial charge in [0.15, 0.2) is 0 Å². The highest BCUT2D eigenvalue weighted by Gasteiger charge is 2.25. The number of nitrogens with one attached hydrogen (secondary N) is 1. The van der Waals surface area contributed by atoms with E-state index in [-0.39, 0.29) is 11.3 Å². The van der Waals surface area contributed by atoms with Crippen LogP contribution < -0.4 is 10.1 Å². The first-order valence-electron chi connectivity index (χ1n) is 10.7. The molecule has 1 aromatic rings. The molecule has 0 aromatic heterocycles. The fourth-order valence-electron chi connectivity index (χ4n) is 3.61. The number of carbonyl (C=O) groups is 1. The van der Waals surface area contributed by atoms with Gasteiger partial charge in [0.2, 0.25) is 5.91 Å². The summed E-state index contributed by atoms with van der Waals surface area (Å²) < 4.78 is 5.81. The van der Waals surface area contributed by atoms with Crippen LogP contribution in [0.5, 0.6) is 5.75 Å². The third-order valence-electron chi connectivity index (χ3n) is 5.76. The van der Waals surface area contributed by atoms with E-state index in [4.69, 9.17) is 4.74 Å². The summed E-state index contributed by atoms with van der Waals surface area (Å²) in [6.45, 7) is 10.2. The van der Waals surface area contributed by atoms with Gasteiger partial charge in [0.25, 0.3) is 0 Å². The van der Waals surface area contributed by atoms with Gasteiger partial charge in [0.05, 0.1) is 6.61 Å². The van der Waals surface area contributed by atoms with Crippen molar-refractivity contribution in [3.63, 3.8) is 0 Å². The van der Waals surface area contributed by atoms with Crippen LogP contribution in [0.4, 0.5) is 0 Å². The van der Waals surface area contributed by atoms with Crippen LogP contribution in [0, 0.1) is 5.92 Å². The van der Waals surface area contributed by atoms with Crippen LogP contribution in [0.15, 0.2) is 24.3 Å². The van der Waals surface area contributed by atoms with Crippen molar-refractivity contribution in [2.75, 3.05) is 26.2 Å². The quantitative estimate of drug-likeness (QED) is 0.698. The second-order valence-electron chi connectivity index (χ2n) is 9.23. The molecule has 27 heavy (non-hydrogen) atoms. The van der Waals surface area contributed by atoms with Crippen molar-refractivity contribution < 1.29 is 9.53 Å². The van der Waals surface area contributed by atoms with E-state index in [2.05, 4.69) is 38.2 Å². The van der Waals surface area contributed by atoms with Crippen molar-refractivity contribution in [1.82, 2.24) is 10.2 Å². The van der Waals surface area contributed by atoms with Gasteiger partial charge in [-0.25, -0.2) is 0 Å². The van der Waals surface area contributed by atoms with Crippen LogP contribution in [-0.4, -0.2) is 43.1 Å². The number of hydrogen-bond acceptors (Lipinski definition) is 3. The Labute approximate surface area is 164 Å². The summed E-state index contributed by atoms with van der Waals surface area (Å²) in [5, 5.41) is 3.67. The van der Waals surface area contributed by atoms with Crippen LogP contribution in [0.2, 0.25) is 0 Å². The molecule has 0 bridgehead atoms. The lowest BCUT2D eigenvalue weighted by molar-refractivity contribution is -0.132. The van der Waals surface area contributed by atoms with Crippen molar-refractivity contribution in [1.29, 1.82) is 0 Å². The average Bonchev–Trinajstić information content (AvgIpc) is 3.48. The number of piperidine rings is 1. The molecule has 1 aromatic carbocycles. The van der Waals surface area contributed by atoms with Crippen LogP contribution in [0.25, 0.3) is 0 Å². The topological polar surface area (TPSA) is 41.6 Å². The lowest BCUT2D eigenvalue weighted by Crippen LogP contribution is -2.45. The van der Waals surface area contributed by atoms with Gasteiger partial charge in [-0.15, -0.1) is 0 Å². The maximum Gasteiger partial charge on any atom is 0.222 e. The highest BCUT2D eigenvalue weighted by atomic mass is 16.5. The predicted octanol–water partition coefficient (Wildman–Crippen LogP) is 4.13. The van der Waals surface area contributed by atoms with E-state index in [1.807, 2.05) is 17.0 Å². The molecular formula is C23H36N2O2. The molecule has 3 rings (SSSR count). The van der Waals surface area contributed by atoms with E-state index in [9.17, 15) is 4.79 Å². The monoisotopic (exact) mass is 372 g/mol. The highest BCUT2D eigenvalue weighted by Crippen LogP contribution is 2.28. The van der Waals surface area contributed by atoms with E-state index in [0.29, 0.717) is 19.1 Å². The summed E-state index contributed by atoms with van der Waals surface area (Å²) >= 11 is 0. The molecule has 4 nitrogen and oxygen atoms in total. The standard InChI is InChI=1S/C23H36N2O2/c1-23(2,3)19-8-10-21(11-9-19)27-16-4-5-22(26)25-14-12-20(13-15-25)24-17-18-6-7-18/h8-11,18,20,24H,4-7,12-17H2,1-3H3. The molecule has 1 saturated carbocycles. The van der Waals surface area contributed by atoms with E-state index in [0.717, 1.165) is 44.0 Å². The van der Waals surface area contributed by atoms with Crippen molar-refractivity contribution in [3.8, 4) is 5.75 Å². The molecule has 1 heterocycles. The summed E-state index contributed by atoms with van der Waals surface area (Å²) in [6.07, 6.45) is 6.34. The van der Waals surface area contributed by atoms with Gasteiger partial charge in [-0.1, -0.05) is 32.9 Å². The Bertz CT molecular complexity index is 594. The van der Waals surface area contributed by atoms with Gasteiger partial charge in [-0.05, 0) is 67.7 Å². The summed E-state index contributed by atoms with van der Waals surface area (Å²) in [5.41, 5.74) is 1.46. The fourth-order valence-corrected chi connectivity index (χ4v) is 3.61. The van der Waals surface area contributed by atoms with E-state index in [1.165, 1.54) is 24.9 Å². The maximum absolute atomic E-state index is 12.4. The third kappa shape index (κ3) is 6.53. The molecule has 1 N–H and O–H groups in total. The summed E-state index contributed by atoms with van der Waals surface area (Å²) in [6, 6.07) is 8.92. The minimum Gasteiger partial charge on any atom is -0.494 e. The average molecular weight is 373 g/mol. The second-order valence-corrected chi connectivity index (χ2v) is 9.23. The summed E-state index contributed by atoms with van der Waals surface area (Å²) in [4.78, 5) is 14.4. The second kappa shape index (κ2) is 9.09. The Morgan fingerprint density at radius 3 is 2.37 bits per heavy atom. The van der Waals surface area contributed by atoms with E-state index in [1.54, 1.807) is 0 Å². The number of likely N-dealkylation sites (tertiary alicyclic amines) is 1. The number of rotatable bonds is 8. The van der Waals surface area contributed by atoms with Gasteiger partial charge < -0.3 is 15.0 Å². The number of carbonyl (C=O) groups excluding carboxylic acids is 1. The zero-order valence-corrected chi connectivity index (χ0v) is 17.3. The molecule has 1 aliphatic carbocycles. The molecule has 2 aliphatic rings. The number of ether oxygens (including phenoxy) is 1. The van der Waals surface area contributed by atoms with Crippen LogP contribution in [0.1, 0.15) is 64.9 Å². The summed E-state index contributed by atoms with van der Waals surface area (Å²) in [5.74, 6) is 2.09. The van der Waals surface area contributed by atoms with Crippen LogP contribution in [0.3, 0.4) is 0 Å².